The first kappa shape index (κ1) is 19.2. The predicted molar refractivity (Wildman–Crippen MR) is 102 cm³/mol. The Morgan fingerprint density at radius 2 is 1.89 bits per heavy atom. The summed E-state index contributed by atoms with van der Waals surface area (Å²) in [5, 5.41) is 8.73. The molecule has 2 aliphatic rings. The van der Waals surface area contributed by atoms with Crippen LogP contribution < -0.4 is 16.0 Å². The number of hydrogen-bond donors (Lipinski definition) is 3. The smallest absolute Gasteiger partial charge is 0.317 e. The molecule has 7 heteroatoms. The molecule has 1 aromatic carbocycles. The van der Waals surface area contributed by atoms with Crippen LogP contribution in [0.25, 0.3) is 0 Å². The fraction of sp³-hybridized carbons (Fsp3) is 0.550. The van der Waals surface area contributed by atoms with E-state index in [1.54, 1.807) is 4.90 Å². The Kier molecular flexibility index (Phi) is 5.68. The third kappa shape index (κ3) is 4.40. The highest BCUT2D eigenvalue weighted by Crippen LogP contribution is 2.26. The quantitative estimate of drug-likeness (QED) is 0.746. The van der Waals surface area contributed by atoms with Gasteiger partial charge in [-0.2, -0.15) is 0 Å². The summed E-state index contributed by atoms with van der Waals surface area (Å²) in [5.74, 6) is 0.0765. The first-order valence-electron chi connectivity index (χ1n) is 9.59. The molecule has 0 radical (unpaired) electrons. The molecule has 0 saturated carbocycles. The number of piperazine rings is 1. The molecule has 2 heterocycles. The Hall–Kier alpha value is -2.57. The molecular formula is C20H28N4O3. The Labute approximate surface area is 159 Å². The summed E-state index contributed by atoms with van der Waals surface area (Å²) in [5.41, 5.74) is 0.148. The SMILES string of the molecule is CC(C)CC1NC(=O)C2(CCN(C(=O)NCc3ccccc3)CC2)NC1=O. The molecule has 7 nitrogen and oxygen atoms in total. The summed E-state index contributed by atoms with van der Waals surface area (Å²) in [4.78, 5) is 39.1. The minimum Gasteiger partial charge on any atom is -0.342 e. The van der Waals surface area contributed by atoms with Crippen molar-refractivity contribution in [1.29, 1.82) is 0 Å². The number of nitrogens with zero attached hydrogens (tertiary/aromatic N) is 1. The van der Waals surface area contributed by atoms with E-state index in [-0.39, 0.29) is 17.8 Å². The number of amides is 4. The van der Waals surface area contributed by atoms with E-state index in [2.05, 4.69) is 16.0 Å². The molecule has 1 spiro atoms. The lowest BCUT2D eigenvalue weighted by atomic mass is 9.83. The first-order chi connectivity index (χ1) is 12.9. The fourth-order valence-electron chi connectivity index (χ4n) is 3.71. The highest BCUT2D eigenvalue weighted by Gasteiger charge is 2.48. The van der Waals surface area contributed by atoms with Gasteiger partial charge in [0, 0.05) is 19.6 Å². The van der Waals surface area contributed by atoms with Crippen LogP contribution in [0.5, 0.6) is 0 Å². The molecule has 1 atom stereocenters. The maximum absolute atomic E-state index is 12.7. The number of nitrogens with one attached hydrogen (secondary N) is 3. The van der Waals surface area contributed by atoms with Gasteiger partial charge in [-0.1, -0.05) is 44.2 Å². The van der Waals surface area contributed by atoms with Gasteiger partial charge in [0.1, 0.15) is 11.6 Å². The van der Waals surface area contributed by atoms with E-state index in [1.165, 1.54) is 0 Å². The molecule has 0 bridgehead atoms. The molecule has 4 amide bonds. The number of hydrogen-bond acceptors (Lipinski definition) is 3. The number of carbonyl (C=O) groups excluding carboxylic acids is 3. The van der Waals surface area contributed by atoms with Gasteiger partial charge in [0.2, 0.25) is 11.8 Å². The lowest BCUT2D eigenvalue weighted by Crippen LogP contribution is -2.72. The highest BCUT2D eigenvalue weighted by atomic mass is 16.2. The summed E-state index contributed by atoms with van der Waals surface area (Å²) in [7, 11) is 0. The molecule has 27 heavy (non-hydrogen) atoms. The summed E-state index contributed by atoms with van der Waals surface area (Å²) in [6, 6.07) is 9.11. The molecular weight excluding hydrogens is 344 g/mol. The van der Waals surface area contributed by atoms with Crippen LogP contribution in [0.2, 0.25) is 0 Å². The number of rotatable bonds is 4. The molecule has 2 aliphatic heterocycles. The van der Waals surface area contributed by atoms with E-state index in [4.69, 9.17) is 0 Å². The van der Waals surface area contributed by atoms with Crippen LogP contribution in [0.3, 0.4) is 0 Å². The van der Waals surface area contributed by atoms with Crippen molar-refractivity contribution in [2.75, 3.05) is 13.1 Å². The van der Waals surface area contributed by atoms with Crippen LogP contribution in [0, 0.1) is 5.92 Å². The van der Waals surface area contributed by atoms with Crippen molar-refractivity contribution in [3.8, 4) is 0 Å². The number of carbonyl (C=O) groups is 3. The van der Waals surface area contributed by atoms with Gasteiger partial charge < -0.3 is 20.9 Å². The second-order valence-electron chi connectivity index (χ2n) is 7.86. The van der Waals surface area contributed by atoms with Gasteiger partial charge in [0.25, 0.3) is 0 Å². The lowest BCUT2D eigenvalue weighted by molar-refractivity contribution is -0.143. The molecule has 3 rings (SSSR count). The zero-order valence-corrected chi connectivity index (χ0v) is 16.0. The Balaban J connectivity index is 1.53. The van der Waals surface area contributed by atoms with Crippen molar-refractivity contribution >= 4 is 17.8 Å². The van der Waals surface area contributed by atoms with Gasteiger partial charge >= 0.3 is 6.03 Å². The normalized spacial score (nSPS) is 21.7. The topological polar surface area (TPSA) is 90.5 Å². The summed E-state index contributed by atoms with van der Waals surface area (Å²) >= 11 is 0. The predicted octanol–water partition coefficient (Wildman–Crippen LogP) is 1.39. The van der Waals surface area contributed by atoms with Gasteiger partial charge in [-0.05, 0) is 30.7 Å². The maximum atomic E-state index is 12.7. The Bertz CT molecular complexity index is 696. The molecule has 0 aromatic heterocycles. The van der Waals surface area contributed by atoms with E-state index in [9.17, 15) is 14.4 Å². The van der Waals surface area contributed by atoms with Gasteiger partial charge in [-0.25, -0.2) is 4.79 Å². The molecule has 2 saturated heterocycles. The molecule has 1 aromatic rings. The Morgan fingerprint density at radius 3 is 2.52 bits per heavy atom. The van der Waals surface area contributed by atoms with Gasteiger partial charge in [-0.3, -0.25) is 9.59 Å². The average molecular weight is 372 g/mol. The number of urea groups is 1. The van der Waals surface area contributed by atoms with Crippen LogP contribution in [-0.4, -0.2) is 47.4 Å². The molecule has 1 unspecified atom stereocenters. The minimum atomic E-state index is -0.888. The highest BCUT2D eigenvalue weighted by molar-refractivity contribution is 6.00. The van der Waals surface area contributed by atoms with E-state index in [0.29, 0.717) is 44.8 Å². The zero-order chi connectivity index (χ0) is 19.4. The van der Waals surface area contributed by atoms with E-state index >= 15 is 0 Å². The second-order valence-corrected chi connectivity index (χ2v) is 7.86. The van der Waals surface area contributed by atoms with E-state index < -0.39 is 11.6 Å². The number of piperidine rings is 1. The van der Waals surface area contributed by atoms with Crippen molar-refractivity contribution in [2.45, 2.75) is 51.2 Å². The molecule has 0 aliphatic carbocycles. The van der Waals surface area contributed by atoms with Crippen molar-refractivity contribution in [3.63, 3.8) is 0 Å². The monoisotopic (exact) mass is 372 g/mol. The molecule has 2 fully saturated rings. The molecule has 146 valence electrons. The third-order valence-corrected chi connectivity index (χ3v) is 5.32. The van der Waals surface area contributed by atoms with Gasteiger partial charge in [0.15, 0.2) is 0 Å². The number of benzene rings is 1. The second kappa shape index (κ2) is 7.98. The fourth-order valence-corrected chi connectivity index (χ4v) is 3.71. The lowest BCUT2D eigenvalue weighted by Gasteiger charge is -2.45. The van der Waals surface area contributed by atoms with Crippen molar-refractivity contribution in [3.05, 3.63) is 35.9 Å². The van der Waals surface area contributed by atoms with Crippen LogP contribution in [0.15, 0.2) is 30.3 Å². The van der Waals surface area contributed by atoms with Crippen molar-refractivity contribution < 1.29 is 14.4 Å². The summed E-state index contributed by atoms with van der Waals surface area (Å²) in [6.07, 6.45) is 1.48. The average Bonchev–Trinajstić information content (AvgIpc) is 2.65. The van der Waals surface area contributed by atoms with Crippen LogP contribution in [0.4, 0.5) is 4.79 Å². The first-order valence-corrected chi connectivity index (χ1v) is 9.59. The van der Waals surface area contributed by atoms with Crippen LogP contribution in [0.1, 0.15) is 38.7 Å². The summed E-state index contributed by atoms with van der Waals surface area (Å²) < 4.78 is 0. The maximum Gasteiger partial charge on any atom is 0.317 e. The van der Waals surface area contributed by atoms with E-state index in [1.807, 2.05) is 44.2 Å². The number of likely N-dealkylation sites (tertiary alicyclic amines) is 1. The largest absolute Gasteiger partial charge is 0.342 e. The van der Waals surface area contributed by atoms with Crippen LogP contribution in [-0.2, 0) is 16.1 Å². The van der Waals surface area contributed by atoms with Crippen LogP contribution >= 0.6 is 0 Å². The van der Waals surface area contributed by atoms with Crippen molar-refractivity contribution in [2.24, 2.45) is 5.92 Å². The van der Waals surface area contributed by atoms with Gasteiger partial charge in [-0.15, -0.1) is 0 Å². The summed E-state index contributed by atoms with van der Waals surface area (Å²) in [6.45, 7) is 5.38. The zero-order valence-electron chi connectivity index (χ0n) is 16.0. The van der Waals surface area contributed by atoms with E-state index in [0.717, 1.165) is 5.56 Å². The third-order valence-electron chi connectivity index (χ3n) is 5.32. The minimum absolute atomic E-state index is 0.120. The standard InChI is InChI=1S/C20H28N4O3/c1-14(2)12-16-17(25)23-20(18(26)22-16)8-10-24(11-9-20)19(27)21-13-15-6-4-3-5-7-15/h3-7,14,16H,8-13H2,1-2H3,(H,21,27)(H,22,26)(H,23,25). The molecule has 3 N–H and O–H groups in total. The van der Waals surface area contributed by atoms with Crippen molar-refractivity contribution in [1.82, 2.24) is 20.9 Å². The van der Waals surface area contributed by atoms with Gasteiger partial charge in [0.05, 0.1) is 0 Å². The Morgan fingerprint density at radius 1 is 1.22 bits per heavy atom.